The summed E-state index contributed by atoms with van der Waals surface area (Å²) in [6.07, 6.45) is 0. The normalized spacial score (nSPS) is 10.6. The average Bonchev–Trinajstić information content (AvgIpc) is 2.29. The molecule has 0 radical (unpaired) electrons. The summed E-state index contributed by atoms with van der Waals surface area (Å²) in [7, 11) is 3.53. The molecule has 3 heteroatoms. The van der Waals surface area contributed by atoms with Crippen LogP contribution in [0, 0.1) is 0 Å². The van der Waals surface area contributed by atoms with Crippen molar-refractivity contribution in [3.8, 4) is 0 Å². The third-order valence-electron chi connectivity index (χ3n) is 2.75. The zero-order valence-corrected chi connectivity index (χ0v) is 11.2. The van der Waals surface area contributed by atoms with Gasteiger partial charge in [-0.05, 0) is 17.0 Å². The number of hydrogen-bond donors (Lipinski definition) is 1. The number of nitrogens with zero attached hydrogens (tertiary/aromatic N) is 1. The number of carbonyl (C=O) groups excluding carboxylic acids is 1. The lowest BCUT2D eigenvalue weighted by Crippen LogP contribution is -2.32. The Hall–Kier alpha value is -1.35. The third-order valence-corrected chi connectivity index (χ3v) is 2.75. The molecule has 1 N–H and O–H groups in total. The quantitative estimate of drug-likeness (QED) is 0.845. The molecule has 1 aromatic rings. The third kappa shape index (κ3) is 4.57. The van der Waals surface area contributed by atoms with Crippen LogP contribution in [0.1, 0.15) is 30.9 Å². The zero-order valence-electron chi connectivity index (χ0n) is 11.2. The smallest absolute Gasteiger partial charge is 0.236 e. The lowest BCUT2D eigenvalue weighted by Gasteiger charge is -2.11. The number of nitrogens with one attached hydrogen (secondary N) is 1. The van der Waals surface area contributed by atoms with E-state index in [0.717, 1.165) is 6.54 Å². The van der Waals surface area contributed by atoms with E-state index in [1.54, 1.807) is 19.0 Å². The summed E-state index contributed by atoms with van der Waals surface area (Å²) in [6.45, 7) is 5.49. The Morgan fingerprint density at radius 2 is 1.82 bits per heavy atom. The molecular formula is C14H22N2O. The van der Waals surface area contributed by atoms with Crippen LogP contribution < -0.4 is 5.32 Å². The maximum atomic E-state index is 11.3. The Labute approximate surface area is 104 Å². The van der Waals surface area contributed by atoms with Crippen LogP contribution in [0.15, 0.2) is 24.3 Å². The molecular weight excluding hydrogens is 212 g/mol. The van der Waals surface area contributed by atoms with Crippen molar-refractivity contribution in [1.82, 2.24) is 10.2 Å². The fraction of sp³-hybridized carbons (Fsp3) is 0.500. The van der Waals surface area contributed by atoms with Gasteiger partial charge in [0, 0.05) is 20.6 Å². The molecule has 0 unspecified atom stereocenters. The van der Waals surface area contributed by atoms with Gasteiger partial charge in [0.05, 0.1) is 6.54 Å². The number of likely N-dealkylation sites (N-methyl/N-ethyl adjacent to an activating group) is 1. The molecule has 0 bridgehead atoms. The van der Waals surface area contributed by atoms with Crippen LogP contribution in [0.25, 0.3) is 0 Å². The average molecular weight is 234 g/mol. The van der Waals surface area contributed by atoms with Crippen molar-refractivity contribution >= 4 is 5.91 Å². The van der Waals surface area contributed by atoms with Crippen molar-refractivity contribution < 1.29 is 4.79 Å². The Kier molecular flexibility index (Phi) is 5.16. The topological polar surface area (TPSA) is 32.3 Å². The summed E-state index contributed by atoms with van der Waals surface area (Å²) >= 11 is 0. The molecule has 0 spiro atoms. The van der Waals surface area contributed by atoms with Gasteiger partial charge in [-0.2, -0.15) is 0 Å². The maximum absolute atomic E-state index is 11.3. The first-order valence-corrected chi connectivity index (χ1v) is 6.00. The highest BCUT2D eigenvalue weighted by molar-refractivity contribution is 5.77. The van der Waals surface area contributed by atoms with Gasteiger partial charge in [0.1, 0.15) is 0 Å². The molecule has 1 amide bonds. The van der Waals surface area contributed by atoms with Gasteiger partial charge in [0.15, 0.2) is 0 Å². The molecule has 17 heavy (non-hydrogen) atoms. The summed E-state index contributed by atoms with van der Waals surface area (Å²) in [6, 6.07) is 8.52. The van der Waals surface area contributed by atoms with Gasteiger partial charge in [0.25, 0.3) is 0 Å². The highest BCUT2D eigenvalue weighted by atomic mass is 16.2. The molecule has 1 aromatic carbocycles. The van der Waals surface area contributed by atoms with E-state index < -0.39 is 0 Å². The van der Waals surface area contributed by atoms with E-state index in [-0.39, 0.29) is 5.91 Å². The predicted octanol–water partition coefficient (Wildman–Crippen LogP) is 1.99. The van der Waals surface area contributed by atoms with E-state index in [1.807, 2.05) is 0 Å². The second-order valence-corrected chi connectivity index (χ2v) is 4.79. The van der Waals surface area contributed by atoms with Crippen molar-refractivity contribution in [3.05, 3.63) is 35.4 Å². The molecule has 0 fully saturated rings. The Balaban J connectivity index is 2.40. The fourth-order valence-electron chi connectivity index (χ4n) is 1.49. The molecule has 1 rings (SSSR count). The molecule has 0 aliphatic carbocycles. The molecule has 0 saturated carbocycles. The molecule has 0 aliphatic heterocycles. The van der Waals surface area contributed by atoms with Crippen LogP contribution in [0.5, 0.6) is 0 Å². The number of rotatable bonds is 5. The molecule has 0 heterocycles. The lowest BCUT2D eigenvalue weighted by atomic mass is 10.0. The monoisotopic (exact) mass is 234 g/mol. The minimum absolute atomic E-state index is 0.101. The van der Waals surface area contributed by atoms with Crippen LogP contribution in [0.3, 0.4) is 0 Å². The highest BCUT2D eigenvalue weighted by Crippen LogP contribution is 2.14. The number of benzene rings is 1. The minimum Gasteiger partial charge on any atom is -0.348 e. The van der Waals surface area contributed by atoms with Gasteiger partial charge in [0.2, 0.25) is 5.91 Å². The molecule has 0 aromatic heterocycles. The van der Waals surface area contributed by atoms with Gasteiger partial charge >= 0.3 is 0 Å². The Morgan fingerprint density at radius 3 is 2.29 bits per heavy atom. The van der Waals surface area contributed by atoms with Crippen LogP contribution in [0.4, 0.5) is 0 Å². The zero-order chi connectivity index (χ0) is 12.8. The van der Waals surface area contributed by atoms with Gasteiger partial charge in [-0.15, -0.1) is 0 Å². The summed E-state index contributed by atoms with van der Waals surface area (Å²) in [4.78, 5) is 12.9. The van der Waals surface area contributed by atoms with E-state index >= 15 is 0 Å². The van der Waals surface area contributed by atoms with Crippen molar-refractivity contribution in [2.45, 2.75) is 26.3 Å². The first kappa shape index (κ1) is 13.7. The first-order valence-electron chi connectivity index (χ1n) is 6.00. The van der Waals surface area contributed by atoms with Crippen LogP contribution in [0.2, 0.25) is 0 Å². The summed E-state index contributed by atoms with van der Waals surface area (Å²) in [5.74, 6) is 0.663. The summed E-state index contributed by atoms with van der Waals surface area (Å²) in [5, 5.41) is 3.14. The largest absolute Gasteiger partial charge is 0.348 e. The van der Waals surface area contributed by atoms with E-state index in [1.165, 1.54) is 11.1 Å². The second kappa shape index (κ2) is 6.40. The minimum atomic E-state index is 0.101. The van der Waals surface area contributed by atoms with Gasteiger partial charge in [-0.1, -0.05) is 38.1 Å². The Morgan fingerprint density at radius 1 is 1.24 bits per heavy atom. The summed E-state index contributed by atoms with van der Waals surface area (Å²) in [5.41, 5.74) is 2.55. The van der Waals surface area contributed by atoms with Crippen LogP contribution >= 0.6 is 0 Å². The number of amides is 1. The molecule has 0 aliphatic rings. The van der Waals surface area contributed by atoms with Gasteiger partial charge in [-0.25, -0.2) is 0 Å². The van der Waals surface area contributed by atoms with Crippen molar-refractivity contribution in [2.24, 2.45) is 0 Å². The highest BCUT2D eigenvalue weighted by Gasteiger charge is 2.03. The van der Waals surface area contributed by atoms with E-state index in [4.69, 9.17) is 0 Å². The lowest BCUT2D eigenvalue weighted by molar-refractivity contribution is -0.127. The van der Waals surface area contributed by atoms with E-state index in [9.17, 15) is 4.79 Å². The maximum Gasteiger partial charge on any atom is 0.236 e. The van der Waals surface area contributed by atoms with E-state index in [2.05, 4.69) is 43.4 Å². The van der Waals surface area contributed by atoms with E-state index in [0.29, 0.717) is 12.5 Å². The van der Waals surface area contributed by atoms with Crippen molar-refractivity contribution in [2.75, 3.05) is 20.6 Å². The molecule has 0 atom stereocenters. The fourth-order valence-corrected chi connectivity index (χ4v) is 1.49. The van der Waals surface area contributed by atoms with Crippen molar-refractivity contribution in [3.63, 3.8) is 0 Å². The number of carbonyl (C=O) groups is 1. The van der Waals surface area contributed by atoms with Crippen LogP contribution in [-0.4, -0.2) is 31.4 Å². The SMILES string of the molecule is CC(C)c1ccc(CNCC(=O)N(C)C)cc1. The first-order chi connectivity index (χ1) is 8.00. The molecule has 94 valence electrons. The number of hydrogen-bond acceptors (Lipinski definition) is 2. The van der Waals surface area contributed by atoms with Gasteiger partial charge in [-0.3, -0.25) is 4.79 Å². The molecule has 0 saturated heterocycles. The standard InChI is InChI=1S/C14H22N2O/c1-11(2)13-7-5-12(6-8-13)9-15-10-14(17)16(3)4/h5-8,11,15H,9-10H2,1-4H3. The Bertz CT molecular complexity index is 355. The van der Waals surface area contributed by atoms with Crippen molar-refractivity contribution in [1.29, 1.82) is 0 Å². The second-order valence-electron chi connectivity index (χ2n) is 4.79. The van der Waals surface area contributed by atoms with Gasteiger partial charge < -0.3 is 10.2 Å². The summed E-state index contributed by atoms with van der Waals surface area (Å²) < 4.78 is 0. The molecule has 3 nitrogen and oxygen atoms in total. The van der Waals surface area contributed by atoms with Crippen LogP contribution in [-0.2, 0) is 11.3 Å². The predicted molar refractivity (Wildman–Crippen MR) is 70.9 cm³/mol.